The van der Waals surface area contributed by atoms with Gasteiger partial charge in [0.05, 0.1) is 17.5 Å². The highest BCUT2D eigenvalue weighted by atomic mass is 32.2. The van der Waals surface area contributed by atoms with Crippen LogP contribution < -0.4 is 4.74 Å². The van der Waals surface area contributed by atoms with Crippen molar-refractivity contribution in [3.63, 3.8) is 0 Å². The van der Waals surface area contributed by atoms with Gasteiger partial charge in [0.25, 0.3) is 10.0 Å². The summed E-state index contributed by atoms with van der Waals surface area (Å²) >= 11 is 0. The van der Waals surface area contributed by atoms with Gasteiger partial charge in [-0.25, -0.2) is 12.4 Å². The Morgan fingerprint density at radius 2 is 1.77 bits per heavy atom. The lowest BCUT2D eigenvalue weighted by atomic mass is 10.2. The van der Waals surface area contributed by atoms with Crippen molar-refractivity contribution in [1.82, 2.24) is 3.97 Å². The molecule has 0 atom stereocenters. The minimum absolute atomic E-state index is 0.172. The van der Waals surface area contributed by atoms with Gasteiger partial charge in [0.1, 0.15) is 12.0 Å². The minimum atomic E-state index is -3.69. The van der Waals surface area contributed by atoms with E-state index in [4.69, 9.17) is 4.74 Å². The second-order valence-electron chi connectivity index (χ2n) is 4.73. The molecule has 0 radical (unpaired) electrons. The van der Waals surface area contributed by atoms with Crippen LogP contribution >= 0.6 is 0 Å². The van der Waals surface area contributed by atoms with Crippen molar-refractivity contribution in [3.8, 4) is 5.75 Å². The number of methoxy groups -OCH3 is 1. The number of aldehydes is 1. The summed E-state index contributed by atoms with van der Waals surface area (Å²) in [4.78, 5) is 11.0. The Bertz CT molecular complexity index is 940. The molecule has 1 aromatic heterocycles. The molecular weight excluding hydrogens is 302 g/mol. The van der Waals surface area contributed by atoms with Crippen molar-refractivity contribution < 1.29 is 17.9 Å². The zero-order valence-electron chi connectivity index (χ0n) is 11.8. The third-order valence-electron chi connectivity index (χ3n) is 3.43. The Balaban J connectivity index is 2.14. The van der Waals surface area contributed by atoms with Crippen molar-refractivity contribution in [3.05, 3.63) is 60.3 Å². The molecule has 6 heteroatoms. The fourth-order valence-corrected chi connectivity index (χ4v) is 3.63. The number of benzene rings is 2. The van der Waals surface area contributed by atoms with Crippen LogP contribution in [0.3, 0.4) is 0 Å². The van der Waals surface area contributed by atoms with Crippen molar-refractivity contribution in [2.45, 2.75) is 4.90 Å². The quantitative estimate of drug-likeness (QED) is 0.694. The molecule has 0 saturated carbocycles. The van der Waals surface area contributed by atoms with Crippen molar-refractivity contribution in [1.29, 1.82) is 0 Å². The van der Waals surface area contributed by atoms with Crippen molar-refractivity contribution in [2.24, 2.45) is 0 Å². The van der Waals surface area contributed by atoms with Crippen LogP contribution in [0, 0.1) is 0 Å². The highest BCUT2D eigenvalue weighted by Gasteiger charge is 2.18. The van der Waals surface area contributed by atoms with E-state index in [9.17, 15) is 13.2 Å². The summed E-state index contributed by atoms with van der Waals surface area (Å²) in [5.41, 5.74) is 1.04. The number of nitrogens with zero attached hydrogens (tertiary/aromatic N) is 1. The fourth-order valence-electron chi connectivity index (χ4n) is 2.28. The van der Waals surface area contributed by atoms with Gasteiger partial charge in [-0.3, -0.25) is 4.79 Å². The zero-order valence-corrected chi connectivity index (χ0v) is 12.6. The van der Waals surface area contributed by atoms with Crippen molar-refractivity contribution >= 4 is 27.2 Å². The minimum Gasteiger partial charge on any atom is -0.497 e. The lowest BCUT2D eigenvalue weighted by Gasteiger charge is -2.08. The van der Waals surface area contributed by atoms with E-state index in [1.54, 1.807) is 36.4 Å². The molecule has 3 aromatic rings. The van der Waals surface area contributed by atoms with Gasteiger partial charge in [-0.2, -0.15) is 0 Å². The molecule has 112 valence electrons. The number of aromatic nitrogens is 1. The van der Waals surface area contributed by atoms with Gasteiger partial charge in [0, 0.05) is 17.1 Å². The van der Waals surface area contributed by atoms with Gasteiger partial charge in [0.15, 0.2) is 0 Å². The summed E-state index contributed by atoms with van der Waals surface area (Å²) in [6, 6.07) is 12.7. The standard InChI is InChI=1S/C16H13NO4S/c1-21-14-3-5-15(6-4-14)22(19,20)17-9-8-13-10-12(11-18)2-7-16(13)17/h2-11H,1H3. The lowest BCUT2D eigenvalue weighted by Crippen LogP contribution is -2.11. The summed E-state index contributed by atoms with van der Waals surface area (Å²) in [5, 5.41) is 0.696. The van der Waals surface area contributed by atoms with E-state index in [-0.39, 0.29) is 4.90 Å². The molecule has 0 unspecified atom stereocenters. The number of rotatable bonds is 4. The van der Waals surface area contributed by atoms with Gasteiger partial charge < -0.3 is 4.74 Å². The average molecular weight is 315 g/mol. The molecular formula is C16H13NO4S. The zero-order chi connectivity index (χ0) is 15.7. The molecule has 0 aliphatic rings. The maximum Gasteiger partial charge on any atom is 0.268 e. The predicted octanol–water partition coefficient (Wildman–Crippen LogP) is 2.70. The maximum absolute atomic E-state index is 12.7. The SMILES string of the molecule is COc1ccc(S(=O)(=O)n2ccc3cc(C=O)ccc32)cc1. The third kappa shape index (κ3) is 2.27. The molecule has 1 heterocycles. The molecule has 0 amide bonds. The average Bonchev–Trinajstić information content (AvgIpc) is 2.98. The summed E-state index contributed by atoms with van der Waals surface area (Å²) in [5.74, 6) is 0.590. The first-order valence-corrected chi connectivity index (χ1v) is 7.96. The molecule has 0 saturated heterocycles. The van der Waals surface area contributed by atoms with E-state index < -0.39 is 10.0 Å². The normalized spacial score (nSPS) is 11.5. The van der Waals surface area contributed by atoms with E-state index in [0.717, 1.165) is 6.29 Å². The predicted molar refractivity (Wildman–Crippen MR) is 82.9 cm³/mol. The lowest BCUT2D eigenvalue weighted by molar-refractivity contribution is 0.112. The Hall–Kier alpha value is -2.60. The van der Waals surface area contributed by atoms with Gasteiger partial charge in [-0.15, -0.1) is 0 Å². The van der Waals surface area contributed by atoms with E-state index in [0.29, 0.717) is 22.2 Å². The first kappa shape index (κ1) is 14.3. The highest BCUT2D eigenvalue weighted by molar-refractivity contribution is 7.90. The smallest absolute Gasteiger partial charge is 0.268 e. The van der Waals surface area contributed by atoms with Gasteiger partial charge in [-0.05, 0) is 48.5 Å². The second-order valence-corrected chi connectivity index (χ2v) is 6.54. The number of carbonyl (C=O) groups excluding carboxylic acids is 1. The summed E-state index contributed by atoms with van der Waals surface area (Å²) in [6.07, 6.45) is 2.22. The highest BCUT2D eigenvalue weighted by Crippen LogP contribution is 2.24. The van der Waals surface area contributed by atoms with E-state index in [2.05, 4.69) is 0 Å². The summed E-state index contributed by atoms with van der Waals surface area (Å²) < 4.78 is 31.7. The van der Waals surface area contributed by atoms with E-state index in [1.165, 1.54) is 29.4 Å². The topological polar surface area (TPSA) is 65.4 Å². The molecule has 0 aliphatic heterocycles. The molecule has 0 N–H and O–H groups in total. The van der Waals surface area contributed by atoms with Crippen LogP contribution in [0.15, 0.2) is 59.6 Å². The van der Waals surface area contributed by atoms with Crippen LogP contribution in [-0.2, 0) is 10.0 Å². The number of fused-ring (bicyclic) bond motifs is 1. The number of ether oxygens (including phenoxy) is 1. The number of hydrogen-bond acceptors (Lipinski definition) is 4. The molecule has 0 fully saturated rings. The van der Waals surface area contributed by atoms with Gasteiger partial charge >= 0.3 is 0 Å². The molecule has 22 heavy (non-hydrogen) atoms. The first-order chi connectivity index (χ1) is 10.6. The monoisotopic (exact) mass is 315 g/mol. The number of hydrogen-bond donors (Lipinski definition) is 0. The Labute approximate surface area is 127 Å². The van der Waals surface area contributed by atoms with E-state index in [1.807, 2.05) is 0 Å². The largest absolute Gasteiger partial charge is 0.497 e. The first-order valence-electron chi connectivity index (χ1n) is 6.52. The molecule has 0 spiro atoms. The van der Waals surface area contributed by atoms with Crippen LogP contribution in [0.25, 0.3) is 10.9 Å². The number of carbonyl (C=O) groups is 1. The van der Waals surface area contributed by atoms with Crippen LogP contribution in [0.2, 0.25) is 0 Å². The Morgan fingerprint density at radius 1 is 1.05 bits per heavy atom. The summed E-state index contributed by atoms with van der Waals surface area (Å²) in [6.45, 7) is 0. The van der Waals surface area contributed by atoms with Crippen LogP contribution in [0.5, 0.6) is 5.75 Å². The van der Waals surface area contributed by atoms with Crippen LogP contribution in [0.4, 0.5) is 0 Å². The maximum atomic E-state index is 12.7. The molecule has 5 nitrogen and oxygen atoms in total. The molecule has 0 aliphatic carbocycles. The molecule has 2 aromatic carbocycles. The van der Waals surface area contributed by atoms with E-state index >= 15 is 0 Å². The van der Waals surface area contributed by atoms with Crippen LogP contribution in [-0.4, -0.2) is 25.8 Å². The summed E-state index contributed by atoms with van der Waals surface area (Å²) in [7, 11) is -2.17. The van der Waals surface area contributed by atoms with Gasteiger partial charge in [0.2, 0.25) is 0 Å². The van der Waals surface area contributed by atoms with Crippen LogP contribution in [0.1, 0.15) is 10.4 Å². The molecule has 3 rings (SSSR count). The van der Waals surface area contributed by atoms with Crippen molar-refractivity contribution in [2.75, 3.05) is 7.11 Å². The molecule has 0 bridgehead atoms. The third-order valence-corrected chi connectivity index (χ3v) is 5.14. The van der Waals surface area contributed by atoms with Gasteiger partial charge in [-0.1, -0.05) is 0 Å². The second kappa shape index (κ2) is 5.31. The fraction of sp³-hybridized carbons (Fsp3) is 0.0625. The Morgan fingerprint density at radius 3 is 2.41 bits per heavy atom. The Kier molecular flexibility index (Phi) is 3.46.